The van der Waals surface area contributed by atoms with Gasteiger partial charge in [0.2, 0.25) is 0 Å². The van der Waals surface area contributed by atoms with E-state index in [1.54, 1.807) is 0 Å². The molecule has 3 aromatic carbocycles. The lowest BCUT2D eigenvalue weighted by atomic mass is 10.0. The molecule has 0 saturated heterocycles. The smallest absolute Gasteiger partial charge is 0.386 e. The molecule has 0 bridgehead atoms. The number of phosphoric ester groups is 1. The molecule has 5 heteroatoms. The second-order valence-electron chi connectivity index (χ2n) is 14.2. The number of hydrogen-bond donors (Lipinski definition) is 0. The second-order valence-corrected chi connectivity index (χ2v) is 15.6. The molecular formula is C45H69O4P. The third-order valence-corrected chi connectivity index (χ3v) is 11.0. The van der Waals surface area contributed by atoms with E-state index in [0.717, 1.165) is 55.2 Å². The van der Waals surface area contributed by atoms with Crippen LogP contribution in [0.15, 0.2) is 72.8 Å². The van der Waals surface area contributed by atoms with Gasteiger partial charge in [-0.15, -0.1) is 0 Å². The highest BCUT2D eigenvalue weighted by molar-refractivity contribution is 7.49. The summed E-state index contributed by atoms with van der Waals surface area (Å²) in [5.41, 5.74) is 3.13. The molecule has 0 amide bonds. The lowest BCUT2D eigenvalue weighted by Gasteiger charge is -2.23. The largest absolute Gasteiger partial charge is 0.647 e. The standard InChI is InChI=1S/C45H69O4P/c1-4-7-10-13-16-19-22-31-40-34-25-28-37-43(40)47-50(46,48-44-38-29-26-35-41(44)32-23-20-17-14-11-8-5-2)49-45-39-30-27-36-42(45)33-24-21-18-15-12-9-6-3/h25-30,34-39H,4-24,31-33H2,1-3H3. The van der Waals surface area contributed by atoms with Gasteiger partial charge in [-0.1, -0.05) is 191 Å². The van der Waals surface area contributed by atoms with E-state index in [1.807, 2.05) is 54.6 Å². The predicted molar refractivity (Wildman–Crippen MR) is 214 cm³/mol. The summed E-state index contributed by atoms with van der Waals surface area (Å²) in [7, 11) is -4.14. The molecule has 0 spiro atoms. The Morgan fingerprint density at radius 1 is 0.360 bits per heavy atom. The average Bonchev–Trinajstić information content (AvgIpc) is 3.12. The SMILES string of the molecule is CCCCCCCCCc1ccccc1OP(=O)(Oc1ccccc1CCCCCCCCC)Oc1ccccc1CCCCCCCCC. The molecule has 0 atom stereocenters. The monoisotopic (exact) mass is 704 g/mol. The van der Waals surface area contributed by atoms with E-state index in [4.69, 9.17) is 13.6 Å². The molecule has 4 nitrogen and oxygen atoms in total. The Kier molecular flexibility index (Phi) is 21.8. The number of rotatable bonds is 30. The minimum Gasteiger partial charge on any atom is -0.386 e. The van der Waals surface area contributed by atoms with Gasteiger partial charge >= 0.3 is 7.82 Å². The third-order valence-electron chi connectivity index (χ3n) is 9.70. The maximum Gasteiger partial charge on any atom is 0.647 e. The number of hydrogen-bond acceptors (Lipinski definition) is 4. The minimum atomic E-state index is -4.14. The Bertz CT molecular complexity index is 1180. The molecule has 0 saturated carbocycles. The normalized spacial score (nSPS) is 11.5. The van der Waals surface area contributed by atoms with Gasteiger partial charge in [0.25, 0.3) is 0 Å². The van der Waals surface area contributed by atoms with Crippen molar-refractivity contribution in [1.29, 1.82) is 0 Å². The first kappa shape index (κ1) is 41.7. The molecule has 0 unspecified atom stereocenters. The van der Waals surface area contributed by atoms with Gasteiger partial charge in [-0.25, -0.2) is 0 Å². The van der Waals surface area contributed by atoms with Crippen LogP contribution in [0.3, 0.4) is 0 Å². The summed E-state index contributed by atoms with van der Waals surface area (Å²) in [5, 5.41) is 0. The fourth-order valence-electron chi connectivity index (χ4n) is 6.63. The van der Waals surface area contributed by atoms with Crippen molar-refractivity contribution in [1.82, 2.24) is 0 Å². The van der Waals surface area contributed by atoms with Crippen molar-refractivity contribution in [3.63, 3.8) is 0 Å². The zero-order chi connectivity index (χ0) is 35.5. The van der Waals surface area contributed by atoms with Crippen molar-refractivity contribution in [2.45, 2.75) is 175 Å². The number of phosphoric acid groups is 1. The summed E-state index contributed by atoms with van der Waals surface area (Å²) in [5.74, 6) is 1.74. The van der Waals surface area contributed by atoms with Crippen molar-refractivity contribution >= 4 is 7.82 Å². The molecule has 0 N–H and O–H groups in total. The van der Waals surface area contributed by atoms with E-state index in [0.29, 0.717) is 17.2 Å². The van der Waals surface area contributed by atoms with Crippen molar-refractivity contribution in [2.24, 2.45) is 0 Å². The van der Waals surface area contributed by atoms with Crippen molar-refractivity contribution < 1.29 is 18.1 Å². The Labute approximate surface area is 306 Å². The van der Waals surface area contributed by atoms with E-state index in [-0.39, 0.29) is 0 Å². The first-order valence-corrected chi connectivity index (χ1v) is 22.0. The summed E-state index contributed by atoms with van der Waals surface area (Å²) in [6.45, 7) is 6.77. The molecular weight excluding hydrogens is 635 g/mol. The number of benzene rings is 3. The van der Waals surface area contributed by atoms with Gasteiger partial charge in [0.15, 0.2) is 0 Å². The molecule has 0 aliphatic heterocycles. The van der Waals surface area contributed by atoms with E-state index in [1.165, 1.54) is 116 Å². The van der Waals surface area contributed by atoms with Crippen molar-refractivity contribution in [2.75, 3.05) is 0 Å². The van der Waals surface area contributed by atoms with Crippen LogP contribution in [-0.2, 0) is 23.8 Å². The highest BCUT2D eigenvalue weighted by Crippen LogP contribution is 2.52. The summed E-state index contributed by atoms with van der Waals surface area (Å²) < 4.78 is 34.2. The number of aryl methyl sites for hydroxylation is 3. The van der Waals surface area contributed by atoms with E-state index < -0.39 is 7.82 Å². The molecule has 3 rings (SSSR count). The minimum absolute atomic E-state index is 0.580. The van der Waals surface area contributed by atoms with Gasteiger partial charge < -0.3 is 13.6 Å². The summed E-state index contributed by atoms with van der Waals surface area (Å²) in [4.78, 5) is 0. The number of unbranched alkanes of at least 4 members (excludes halogenated alkanes) is 18. The number of para-hydroxylation sites is 3. The summed E-state index contributed by atoms with van der Waals surface area (Å²) >= 11 is 0. The molecule has 50 heavy (non-hydrogen) atoms. The lowest BCUT2D eigenvalue weighted by molar-refractivity contribution is 0.295. The Hall–Kier alpha value is -2.71. The Balaban J connectivity index is 1.77. The molecule has 3 aromatic rings. The highest BCUT2D eigenvalue weighted by Gasteiger charge is 2.35. The molecule has 0 heterocycles. The van der Waals surface area contributed by atoms with E-state index in [9.17, 15) is 4.57 Å². The summed E-state index contributed by atoms with van der Waals surface area (Å²) in [6, 6.07) is 23.9. The van der Waals surface area contributed by atoms with Crippen LogP contribution >= 0.6 is 7.82 Å². The maximum atomic E-state index is 14.9. The van der Waals surface area contributed by atoms with Crippen LogP contribution in [0.25, 0.3) is 0 Å². The van der Waals surface area contributed by atoms with Crippen LogP contribution < -0.4 is 13.6 Å². The van der Waals surface area contributed by atoms with Crippen LogP contribution in [0, 0.1) is 0 Å². The van der Waals surface area contributed by atoms with Crippen LogP contribution in [0.1, 0.15) is 172 Å². The van der Waals surface area contributed by atoms with Gasteiger partial charge in [-0.05, 0) is 73.4 Å². The van der Waals surface area contributed by atoms with Gasteiger partial charge in [0.05, 0.1) is 0 Å². The van der Waals surface area contributed by atoms with E-state index in [2.05, 4.69) is 39.0 Å². The third kappa shape index (κ3) is 17.0. The zero-order valence-electron chi connectivity index (χ0n) is 32.0. The first-order valence-electron chi connectivity index (χ1n) is 20.5. The van der Waals surface area contributed by atoms with Crippen LogP contribution in [0.5, 0.6) is 17.2 Å². The zero-order valence-corrected chi connectivity index (χ0v) is 32.9. The first-order chi connectivity index (χ1) is 24.6. The average molecular weight is 705 g/mol. The van der Waals surface area contributed by atoms with Gasteiger partial charge in [-0.2, -0.15) is 4.57 Å². The van der Waals surface area contributed by atoms with Crippen molar-refractivity contribution in [3.8, 4) is 17.2 Å². The van der Waals surface area contributed by atoms with Crippen molar-refractivity contribution in [3.05, 3.63) is 89.5 Å². The summed E-state index contributed by atoms with van der Waals surface area (Å²) in [6.07, 6.45) is 28.7. The maximum absolute atomic E-state index is 14.9. The van der Waals surface area contributed by atoms with Crippen LogP contribution in [0.4, 0.5) is 0 Å². The van der Waals surface area contributed by atoms with Crippen LogP contribution in [0.2, 0.25) is 0 Å². The Morgan fingerprint density at radius 3 is 0.880 bits per heavy atom. The topological polar surface area (TPSA) is 44.8 Å². The fourth-order valence-corrected chi connectivity index (χ4v) is 8.00. The molecule has 0 aromatic heterocycles. The quantitative estimate of drug-likeness (QED) is 0.0512. The van der Waals surface area contributed by atoms with Gasteiger partial charge in [0.1, 0.15) is 17.2 Å². The lowest BCUT2D eigenvalue weighted by Crippen LogP contribution is -2.10. The van der Waals surface area contributed by atoms with Gasteiger partial charge in [0, 0.05) is 0 Å². The molecule has 0 aliphatic carbocycles. The molecule has 0 aliphatic rings. The highest BCUT2D eigenvalue weighted by atomic mass is 31.2. The molecule has 278 valence electrons. The van der Waals surface area contributed by atoms with Crippen LogP contribution in [-0.4, -0.2) is 0 Å². The molecule has 0 fully saturated rings. The predicted octanol–water partition coefficient (Wildman–Crippen LogP) is 15.2. The second kappa shape index (κ2) is 26.1. The molecule has 0 radical (unpaired) electrons. The fraction of sp³-hybridized carbons (Fsp3) is 0.600. The van der Waals surface area contributed by atoms with E-state index >= 15 is 0 Å². The van der Waals surface area contributed by atoms with Gasteiger partial charge in [-0.3, -0.25) is 0 Å². The Morgan fingerprint density at radius 2 is 0.600 bits per heavy atom.